The molecular weight excluding hydrogens is 249 g/mol. The van der Waals surface area contributed by atoms with Crippen LogP contribution in [-0.2, 0) is 23.7 Å². The average Bonchev–Trinajstić information content (AvgIpc) is 2.89. The first-order valence-electron chi connectivity index (χ1n) is 5.86. The molecule has 1 unspecified atom stereocenters. The van der Waals surface area contributed by atoms with Crippen LogP contribution in [0.15, 0.2) is 30.3 Å². The number of hydrogen-bond donors (Lipinski definition) is 0. The van der Waals surface area contributed by atoms with Gasteiger partial charge >= 0.3 is 13.1 Å². The van der Waals surface area contributed by atoms with Crippen LogP contribution in [0.4, 0.5) is 0 Å². The van der Waals surface area contributed by atoms with E-state index in [1.165, 1.54) is 14.0 Å². The maximum Gasteiger partial charge on any atom is 0.494 e. The molecule has 0 spiro atoms. The summed E-state index contributed by atoms with van der Waals surface area (Å²) in [5.74, 6) is -1.01. The Labute approximate surface area is 111 Å². The molecule has 100 valence electrons. The van der Waals surface area contributed by atoms with Crippen molar-refractivity contribution in [2.75, 3.05) is 13.7 Å². The standard InChI is InChI=1S/C12H14BNO5/c1-9(15)14(2)19-12(16)11-8-17-13(18-11)10-6-4-3-5-7-10/h3-7,11H,8H2,1-2H3. The lowest BCUT2D eigenvalue weighted by atomic mass is 9.79. The number of nitrogens with zero attached hydrogens (tertiary/aromatic N) is 1. The molecule has 19 heavy (non-hydrogen) atoms. The summed E-state index contributed by atoms with van der Waals surface area (Å²) in [5, 5.41) is 0.863. The van der Waals surface area contributed by atoms with Gasteiger partial charge in [-0.2, -0.15) is 5.06 Å². The quantitative estimate of drug-likeness (QED) is 0.543. The van der Waals surface area contributed by atoms with Crippen LogP contribution in [0.1, 0.15) is 6.92 Å². The molecule has 0 aliphatic carbocycles. The molecule has 1 amide bonds. The molecule has 7 heteroatoms. The molecule has 1 aromatic carbocycles. The van der Waals surface area contributed by atoms with E-state index in [4.69, 9.17) is 14.1 Å². The van der Waals surface area contributed by atoms with Crippen molar-refractivity contribution in [1.29, 1.82) is 0 Å². The summed E-state index contributed by atoms with van der Waals surface area (Å²) in [4.78, 5) is 27.5. The van der Waals surface area contributed by atoms with Crippen LogP contribution in [0.25, 0.3) is 0 Å². The Bertz CT molecular complexity index is 466. The normalized spacial score (nSPS) is 18.2. The van der Waals surface area contributed by atoms with Crippen LogP contribution in [-0.4, -0.2) is 43.8 Å². The summed E-state index contributed by atoms with van der Waals surface area (Å²) in [7, 11) is 0.784. The van der Waals surface area contributed by atoms with Gasteiger partial charge in [-0.25, -0.2) is 4.79 Å². The lowest BCUT2D eigenvalue weighted by Crippen LogP contribution is -2.37. The van der Waals surface area contributed by atoms with Crippen LogP contribution in [0.2, 0.25) is 0 Å². The zero-order chi connectivity index (χ0) is 13.8. The molecule has 0 saturated carbocycles. The number of rotatable bonds is 2. The Morgan fingerprint density at radius 3 is 2.68 bits per heavy atom. The minimum absolute atomic E-state index is 0.101. The van der Waals surface area contributed by atoms with Gasteiger partial charge in [-0.3, -0.25) is 4.79 Å². The molecular formula is C12H14BNO5. The third kappa shape index (κ3) is 3.33. The molecule has 1 fully saturated rings. The van der Waals surface area contributed by atoms with E-state index >= 15 is 0 Å². The Balaban J connectivity index is 1.91. The molecule has 1 aliphatic heterocycles. The van der Waals surface area contributed by atoms with E-state index in [1.807, 2.05) is 30.3 Å². The number of amides is 1. The minimum atomic E-state index is -0.827. The highest BCUT2D eigenvalue weighted by atomic mass is 16.7. The van der Waals surface area contributed by atoms with Gasteiger partial charge in [0.1, 0.15) is 0 Å². The van der Waals surface area contributed by atoms with Gasteiger partial charge in [-0.15, -0.1) is 0 Å². The molecule has 1 saturated heterocycles. The molecule has 1 atom stereocenters. The van der Waals surface area contributed by atoms with Gasteiger partial charge in [-0.1, -0.05) is 30.3 Å². The highest BCUT2D eigenvalue weighted by molar-refractivity contribution is 6.62. The molecule has 0 bridgehead atoms. The Hall–Kier alpha value is -1.86. The predicted molar refractivity (Wildman–Crippen MR) is 67.2 cm³/mol. The highest BCUT2D eigenvalue weighted by Gasteiger charge is 2.38. The van der Waals surface area contributed by atoms with Crippen LogP contribution < -0.4 is 5.46 Å². The number of carbonyl (C=O) groups is 2. The second kappa shape index (κ2) is 5.86. The van der Waals surface area contributed by atoms with Crippen molar-refractivity contribution in [2.45, 2.75) is 13.0 Å². The lowest BCUT2D eigenvalue weighted by molar-refractivity contribution is -0.197. The molecule has 0 N–H and O–H groups in total. The summed E-state index contributed by atoms with van der Waals surface area (Å²) in [6.45, 7) is 1.40. The lowest BCUT2D eigenvalue weighted by Gasteiger charge is -2.16. The van der Waals surface area contributed by atoms with Crippen molar-refractivity contribution in [3.63, 3.8) is 0 Å². The van der Waals surface area contributed by atoms with E-state index in [0.717, 1.165) is 10.5 Å². The molecule has 1 heterocycles. The predicted octanol–water partition coefficient (Wildman–Crippen LogP) is -0.266. The number of benzene rings is 1. The first kappa shape index (κ1) is 13.6. The largest absolute Gasteiger partial charge is 0.494 e. The van der Waals surface area contributed by atoms with E-state index in [-0.39, 0.29) is 12.5 Å². The fraction of sp³-hybridized carbons (Fsp3) is 0.333. The Kier molecular flexibility index (Phi) is 4.18. The molecule has 1 aromatic rings. The maximum absolute atomic E-state index is 11.7. The third-order valence-electron chi connectivity index (χ3n) is 2.69. The smallest absolute Gasteiger partial charge is 0.404 e. The molecule has 6 nitrogen and oxygen atoms in total. The summed E-state index contributed by atoms with van der Waals surface area (Å²) in [6, 6.07) is 9.29. The summed E-state index contributed by atoms with van der Waals surface area (Å²) < 4.78 is 10.8. The van der Waals surface area contributed by atoms with Crippen molar-refractivity contribution in [2.24, 2.45) is 0 Å². The van der Waals surface area contributed by atoms with Crippen molar-refractivity contribution >= 4 is 24.5 Å². The SMILES string of the molecule is CC(=O)N(C)OC(=O)C1COB(c2ccccc2)O1. The Morgan fingerprint density at radius 2 is 2.05 bits per heavy atom. The van der Waals surface area contributed by atoms with Crippen LogP contribution >= 0.6 is 0 Å². The topological polar surface area (TPSA) is 65.1 Å². The second-order valence-corrected chi connectivity index (χ2v) is 4.13. The number of hydroxylamine groups is 2. The van der Waals surface area contributed by atoms with Crippen molar-refractivity contribution in [1.82, 2.24) is 5.06 Å². The van der Waals surface area contributed by atoms with Gasteiger partial charge in [0.2, 0.25) is 0 Å². The average molecular weight is 263 g/mol. The zero-order valence-corrected chi connectivity index (χ0v) is 10.7. The first-order chi connectivity index (χ1) is 9.08. The molecule has 0 aromatic heterocycles. The Morgan fingerprint density at radius 1 is 1.37 bits per heavy atom. The fourth-order valence-corrected chi connectivity index (χ4v) is 1.57. The number of hydrogen-bond acceptors (Lipinski definition) is 5. The minimum Gasteiger partial charge on any atom is -0.404 e. The van der Waals surface area contributed by atoms with Gasteiger partial charge in [0, 0.05) is 14.0 Å². The van der Waals surface area contributed by atoms with Crippen molar-refractivity contribution < 1.29 is 23.7 Å². The third-order valence-corrected chi connectivity index (χ3v) is 2.69. The highest BCUT2D eigenvalue weighted by Crippen LogP contribution is 2.10. The van der Waals surface area contributed by atoms with Gasteiger partial charge in [0.25, 0.3) is 5.91 Å². The van der Waals surface area contributed by atoms with Gasteiger partial charge in [-0.05, 0) is 5.46 Å². The van der Waals surface area contributed by atoms with E-state index < -0.39 is 19.2 Å². The van der Waals surface area contributed by atoms with Crippen LogP contribution in [0.3, 0.4) is 0 Å². The summed E-state index contributed by atoms with van der Waals surface area (Å²) >= 11 is 0. The van der Waals surface area contributed by atoms with E-state index in [1.54, 1.807) is 0 Å². The molecule has 1 aliphatic rings. The molecule has 2 rings (SSSR count). The van der Waals surface area contributed by atoms with E-state index in [2.05, 4.69) is 0 Å². The van der Waals surface area contributed by atoms with Gasteiger partial charge in [0.05, 0.1) is 6.61 Å². The van der Waals surface area contributed by atoms with Crippen molar-refractivity contribution in [3.05, 3.63) is 30.3 Å². The van der Waals surface area contributed by atoms with Crippen LogP contribution in [0.5, 0.6) is 0 Å². The van der Waals surface area contributed by atoms with Crippen LogP contribution in [0, 0.1) is 0 Å². The number of carbonyl (C=O) groups excluding carboxylic acids is 2. The second-order valence-electron chi connectivity index (χ2n) is 4.13. The fourth-order valence-electron chi connectivity index (χ4n) is 1.57. The van der Waals surface area contributed by atoms with E-state index in [9.17, 15) is 9.59 Å². The monoisotopic (exact) mass is 263 g/mol. The maximum atomic E-state index is 11.7. The van der Waals surface area contributed by atoms with Crippen molar-refractivity contribution in [3.8, 4) is 0 Å². The van der Waals surface area contributed by atoms with Gasteiger partial charge < -0.3 is 14.1 Å². The van der Waals surface area contributed by atoms with E-state index in [0.29, 0.717) is 0 Å². The zero-order valence-electron chi connectivity index (χ0n) is 10.7. The van der Waals surface area contributed by atoms with Gasteiger partial charge in [0.15, 0.2) is 6.10 Å². The summed E-state index contributed by atoms with van der Waals surface area (Å²) in [6.07, 6.45) is -0.827. The first-order valence-corrected chi connectivity index (χ1v) is 5.86. The molecule has 0 radical (unpaired) electrons. The summed E-state index contributed by atoms with van der Waals surface area (Å²) in [5.41, 5.74) is 0.831.